The molecule has 16 heavy (non-hydrogen) atoms. The molecule has 0 radical (unpaired) electrons. The van der Waals surface area contributed by atoms with Crippen LogP contribution in [0, 0.1) is 5.92 Å². The van der Waals surface area contributed by atoms with Crippen molar-refractivity contribution in [1.29, 1.82) is 0 Å². The molecule has 1 amide bonds. The Labute approximate surface area is 94.4 Å². The Kier molecular flexibility index (Phi) is 5.01. The molecule has 1 heterocycles. The van der Waals surface area contributed by atoms with E-state index in [1.54, 1.807) is 26.2 Å². The van der Waals surface area contributed by atoms with Crippen LogP contribution in [0.1, 0.15) is 18.8 Å². The Morgan fingerprint density at radius 2 is 2.44 bits per heavy atom. The normalized spacial score (nSPS) is 14.4. The van der Waals surface area contributed by atoms with E-state index in [2.05, 4.69) is 5.32 Å². The number of aliphatic hydroxyl groups is 1. The summed E-state index contributed by atoms with van der Waals surface area (Å²) in [7, 11) is 1.54. The Morgan fingerprint density at radius 3 is 3.00 bits per heavy atom. The van der Waals surface area contributed by atoms with E-state index in [9.17, 15) is 9.90 Å². The highest BCUT2D eigenvalue weighted by Gasteiger charge is 2.15. The zero-order chi connectivity index (χ0) is 12.0. The average Bonchev–Trinajstić information content (AvgIpc) is 2.79. The van der Waals surface area contributed by atoms with E-state index in [0.29, 0.717) is 12.4 Å². The van der Waals surface area contributed by atoms with E-state index < -0.39 is 6.10 Å². The van der Waals surface area contributed by atoms with Crippen molar-refractivity contribution >= 4 is 5.91 Å². The lowest BCUT2D eigenvalue weighted by atomic mass is 10.2. The van der Waals surface area contributed by atoms with Gasteiger partial charge in [0.15, 0.2) is 0 Å². The van der Waals surface area contributed by atoms with Crippen LogP contribution in [0.2, 0.25) is 0 Å². The maximum Gasteiger partial charge on any atom is 0.225 e. The van der Waals surface area contributed by atoms with Crippen LogP contribution in [0.3, 0.4) is 0 Å². The zero-order valence-corrected chi connectivity index (χ0v) is 9.47. The van der Waals surface area contributed by atoms with E-state index >= 15 is 0 Å². The quantitative estimate of drug-likeness (QED) is 0.750. The molecule has 0 saturated carbocycles. The summed E-state index contributed by atoms with van der Waals surface area (Å²) in [5, 5.41) is 12.3. The predicted octanol–water partition coefficient (Wildman–Crippen LogP) is 0.712. The van der Waals surface area contributed by atoms with Gasteiger partial charge in [-0.3, -0.25) is 4.79 Å². The molecule has 2 N–H and O–H groups in total. The number of hydrogen-bond acceptors (Lipinski definition) is 4. The van der Waals surface area contributed by atoms with Gasteiger partial charge in [-0.2, -0.15) is 0 Å². The molecule has 5 nitrogen and oxygen atoms in total. The van der Waals surface area contributed by atoms with Gasteiger partial charge in [0.05, 0.1) is 25.3 Å². The molecule has 1 aromatic rings. The smallest absolute Gasteiger partial charge is 0.225 e. The molecule has 2 unspecified atom stereocenters. The Morgan fingerprint density at radius 1 is 1.69 bits per heavy atom. The molecule has 1 aromatic heterocycles. The fraction of sp³-hybridized carbons (Fsp3) is 0.545. The number of carbonyl (C=O) groups excluding carboxylic acids is 1. The number of methoxy groups -OCH3 is 1. The summed E-state index contributed by atoms with van der Waals surface area (Å²) < 4.78 is 9.87. The molecule has 0 aliphatic heterocycles. The van der Waals surface area contributed by atoms with Crippen molar-refractivity contribution in [3.05, 3.63) is 24.2 Å². The van der Waals surface area contributed by atoms with Crippen molar-refractivity contribution in [3.63, 3.8) is 0 Å². The summed E-state index contributed by atoms with van der Waals surface area (Å²) >= 11 is 0. The van der Waals surface area contributed by atoms with Gasteiger partial charge in [0, 0.05) is 7.11 Å². The van der Waals surface area contributed by atoms with Crippen molar-refractivity contribution in [1.82, 2.24) is 5.32 Å². The van der Waals surface area contributed by atoms with Crippen LogP contribution in [-0.4, -0.2) is 31.3 Å². The van der Waals surface area contributed by atoms with Crippen LogP contribution in [0.5, 0.6) is 0 Å². The fourth-order valence-electron chi connectivity index (χ4n) is 1.28. The Balaban J connectivity index is 2.31. The number of carbonyl (C=O) groups is 1. The second-order valence-corrected chi connectivity index (χ2v) is 3.63. The van der Waals surface area contributed by atoms with Crippen molar-refractivity contribution in [3.8, 4) is 0 Å². The second-order valence-electron chi connectivity index (χ2n) is 3.63. The first-order valence-electron chi connectivity index (χ1n) is 5.13. The SMILES string of the molecule is COCC(C)C(=O)NCC(O)c1ccco1. The highest BCUT2D eigenvalue weighted by Crippen LogP contribution is 2.11. The molecule has 0 aliphatic rings. The topological polar surface area (TPSA) is 71.7 Å². The third-order valence-electron chi connectivity index (χ3n) is 2.21. The van der Waals surface area contributed by atoms with Gasteiger partial charge in [-0.1, -0.05) is 6.92 Å². The van der Waals surface area contributed by atoms with E-state index in [-0.39, 0.29) is 18.4 Å². The summed E-state index contributed by atoms with van der Waals surface area (Å²) in [5.74, 6) is 0.0703. The Hall–Kier alpha value is -1.33. The van der Waals surface area contributed by atoms with Crippen LogP contribution in [0.15, 0.2) is 22.8 Å². The van der Waals surface area contributed by atoms with Gasteiger partial charge in [-0.25, -0.2) is 0 Å². The molecule has 90 valence electrons. The van der Waals surface area contributed by atoms with Crippen molar-refractivity contribution < 1.29 is 19.1 Å². The molecular weight excluding hydrogens is 210 g/mol. The van der Waals surface area contributed by atoms with Crippen molar-refractivity contribution in [2.45, 2.75) is 13.0 Å². The molecule has 0 spiro atoms. The maximum absolute atomic E-state index is 11.5. The van der Waals surface area contributed by atoms with Gasteiger partial charge >= 0.3 is 0 Å². The molecule has 0 saturated heterocycles. The molecule has 0 aliphatic carbocycles. The first kappa shape index (κ1) is 12.7. The summed E-state index contributed by atoms with van der Waals surface area (Å²) in [6, 6.07) is 3.35. The highest BCUT2D eigenvalue weighted by molar-refractivity contribution is 5.78. The minimum Gasteiger partial charge on any atom is -0.467 e. The van der Waals surface area contributed by atoms with Gasteiger partial charge in [-0.05, 0) is 12.1 Å². The van der Waals surface area contributed by atoms with Crippen molar-refractivity contribution in [2.75, 3.05) is 20.3 Å². The summed E-state index contributed by atoms with van der Waals surface area (Å²) in [6.45, 7) is 2.27. The zero-order valence-electron chi connectivity index (χ0n) is 9.47. The molecule has 2 atom stereocenters. The molecule has 0 aromatic carbocycles. The lowest BCUT2D eigenvalue weighted by Crippen LogP contribution is -2.34. The molecule has 0 fully saturated rings. The second kappa shape index (κ2) is 6.30. The summed E-state index contributed by atoms with van der Waals surface area (Å²) in [4.78, 5) is 11.5. The van der Waals surface area contributed by atoms with Crippen LogP contribution < -0.4 is 5.32 Å². The third-order valence-corrected chi connectivity index (χ3v) is 2.21. The van der Waals surface area contributed by atoms with Crippen LogP contribution >= 0.6 is 0 Å². The van der Waals surface area contributed by atoms with E-state index in [1.807, 2.05) is 0 Å². The lowest BCUT2D eigenvalue weighted by Gasteiger charge is -2.13. The van der Waals surface area contributed by atoms with Crippen LogP contribution in [0.4, 0.5) is 0 Å². The average molecular weight is 227 g/mol. The number of amides is 1. The van der Waals surface area contributed by atoms with E-state index in [0.717, 1.165) is 0 Å². The fourth-order valence-corrected chi connectivity index (χ4v) is 1.28. The molecular formula is C11H17NO4. The highest BCUT2D eigenvalue weighted by atomic mass is 16.5. The largest absolute Gasteiger partial charge is 0.467 e. The predicted molar refractivity (Wildman–Crippen MR) is 57.7 cm³/mol. The van der Waals surface area contributed by atoms with Crippen molar-refractivity contribution in [2.24, 2.45) is 5.92 Å². The van der Waals surface area contributed by atoms with Gasteiger partial charge in [-0.15, -0.1) is 0 Å². The monoisotopic (exact) mass is 227 g/mol. The number of nitrogens with one attached hydrogen (secondary N) is 1. The van der Waals surface area contributed by atoms with Gasteiger partial charge < -0.3 is 19.6 Å². The van der Waals surface area contributed by atoms with Gasteiger partial charge in [0.1, 0.15) is 11.9 Å². The number of hydrogen-bond donors (Lipinski definition) is 2. The summed E-state index contributed by atoms with van der Waals surface area (Å²) in [5.41, 5.74) is 0. The first-order chi connectivity index (χ1) is 7.65. The minimum absolute atomic E-state index is 0.139. The number of rotatable bonds is 6. The minimum atomic E-state index is -0.811. The van der Waals surface area contributed by atoms with Gasteiger partial charge in [0.25, 0.3) is 0 Å². The molecule has 1 rings (SSSR count). The Bertz CT molecular complexity index is 310. The van der Waals surface area contributed by atoms with E-state index in [1.165, 1.54) is 6.26 Å². The summed E-state index contributed by atoms with van der Waals surface area (Å²) in [6.07, 6.45) is 0.669. The third kappa shape index (κ3) is 3.67. The number of ether oxygens (including phenoxy) is 1. The van der Waals surface area contributed by atoms with Crippen LogP contribution in [0.25, 0.3) is 0 Å². The number of furan rings is 1. The van der Waals surface area contributed by atoms with Gasteiger partial charge in [0.2, 0.25) is 5.91 Å². The first-order valence-corrected chi connectivity index (χ1v) is 5.13. The maximum atomic E-state index is 11.5. The molecule has 5 heteroatoms. The van der Waals surface area contributed by atoms with E-state index in [4.69, 9.17) is 9.15 Å². The number of aliphatic hydroxyl groups excluding tert-OH is 1. The lowest BCUT2D eigenvalue weighted by molar-refractivity contribution is -0.126. The molecule has 0 bridgehead atoms. The van der Waals surface area contributed by atoms with Crippen LogP contribution in [-0.2, 0) is 9.53 Å². The standard InChI is InChI=1S/C11H17NO4/c1-8(7-15-2)11(14)12-6-9(13)10-4-3-5-16-10/h3-5,8-9,13H,6-7H2,1-2H3,(H,12,14).